The molecule has 148 valence electrons. The lowest BCUT2D eigenvalue weighted by atomic mass is 10.2. The van der Waals surface area contributed by atoms with Crippen molar-refractivity contribution in [2.45, 2.75) is 13.2 Å². The Morgan fingerprint density at radius 2 is 0.700 bits per heavy atom. The van der Waals surface area contributed by atoms with Crippen LogP contribution >= 0.6 is 0 Å². The zero-order chi connectivity index (χ0) is 20.2. The molecular weight excluding hydrogens is 376 g/mol. The Labute approximate surface area is 175 Å². The third-order valence-electron chi connectivity index (χ3n) is 4.85. The van der Waals surface area contributed by atoms with Crippen LogP contribution in [0.4, 0.5) is 0 Å². The summed E-state index contributed by atoms with van der Waals surface area (Å²) in [6.45, 7) is 0.697. The third kappa shape index (κ3) is 3.80. The minimum atomic E-state index is 0.348. The fourth-order valence-electron chi connectivity index (χ4n) is 3.30. The van der Waals surface area contributed by atoms with Gasteiger partial charge >= 0.3 is 0 Å². The van der Waals surface area contributed by atoms with Crippen LogP contribution in [0.25, 0.3) is 0 Å². The van der Waals surface area contributed by atoms with Crippen LogP contribution in [0.1, 0.15) is 11.1 Å². The van der Waals surface area contributed by atoms with Crippen molar-refractivity contribution in [2.75, 3.05) is 0 Å². The second-order valence-corrected chi connectivity index (χ2v) is 6.89. The Kier molecular flexibility index (Phi) is 4.96. The molecule has 1 aliphatic rings. The molecular formula is C26H20O4. The quantitative estimate of drug-likeness (QED) is 0.330. The highest BCUT2D eigenvalue weighted by atomic mass is 16.5. The van der Waals surface area contributed by atoms with Crippen molar-refractivity contribution in [1.82, 2.24) is 0 Å². The van der Waals surface area contributed by atoms with E-state index in [0.717, 1.165) is 22.6 Å². The molecule has 0 aliphatic carbocycles. The molecule has 4 nitrogen and oxygen atoms in total. The van der Waals surface area contributed by atoms with Gasteiger partial charge in [-0.2, -0.15) is 0 Å². The van der Waals surface area contributed by atoms with Crippen molar-refractivity contribution in [3.8, 4) is 34.5 Å². The van der Waals surface area contributed by atoms with E-state index in [1.807, 2.05) is 97.1 Å². The van der Waals surface area contributed by atoms with Crippen molar-refractivity contribution in [2.24, 2.45) is 0 Å². The van der Waals surface area contributed by atoms with Crippen LogP contribution in [0.3, 0.4) is 0 Å². The highest BCUT2D eigenvalue weighted by molar-refractivity contribution is 5.48. The Morgan fingerprint density at radius 1 is 0.367 bits per heavy atom. The lowest BCUT2D eigenvalue weighted by Gasteiger charge is -2.19. The van der Waals surface area contributed by atoms with E-state index in [1.165, 1.54) is 0 Å². The number of ether oxygens (including phenoxy) is 4. The van der Waals surface area contributed by atoms with Crippen LogP contribution < -0.4 is 18.9 Å². The molecule has 4 aromatic carbocycles. The first kappa shape index (κ1) is 18.1. The van der Waals surface area contributed by atoms with Gasteiger partial charge in [0.15, 0.2) is 23.0 Å². The molecule has 0 N–H and O–H groups in total. The maximum absolute atomic E-state index is 6.23. The van der Waals surface area contributed by atoms with Crippen molar-refractivity contribution in [3.63, 3.8) is 0 Å². The molecule has 0 unspecified atom stereocenters. The predicted molar refractivity (Wildman–Crippen MR) is 115 cm³/mol. The van der Waals surface area contributed by atoms with Crippen molar-refractivity contribution < 1.29 is 18.9 Å². The van der Waals surface area contributed by atoms with Gasteiger partial charge in [-0.25, -0.2) is 0 Å². The average molecular weight is 396 g/mol. The summed E-state index contributed by atoms with van der Waals surface area (Å²) < 4.78 is 24.7. The number of fused-ring (bicyclic) bond motifs is 4. The van der Waals surface area contributed by atoms with Gasteiger partial charge in [-0.05, 0) is 36.4 Å². The molecule has 0 bridgehead atoms. The van der Waals surface area contributed by atoms with Crippen molar-refractivity contribution in [1.29, 1.82) is 0 Å². The molecule has 0 radical (unpaired) electrons. The van der Waals surface area contributed by atoms with E-state index in [1.54, 1.807) is 0 Å². The number of hydrogen-bond donors (Lipinski definition) is 0. The topological polar surface area (TPSA) is 36.9 Å². The average Bonchev–Trinajstić information content (AvgIpc) is 2.79. The van der Waals surface area contributed by atoms with Gasteiger partial charge in [0.05, 0.1) is 0 Å². The van der Waals surface area contributed by atoms with Gasteiger partial charge < -0.3 is 18.9 Å². The van der Waals surface area contributed by atoms with Gasteiger partial charge in [-0.3, -0.25) is 0 Å². The summed E-state index contributed by atoms with van der Waals surface area (Å²) in [4.78, 5) is 0. The standard InChI is InChI=1S/C26H20O4/c1-3-11-21-19(9-1)17-27-23-13-5-8-16-26(23)30-22-12-4-2-10-20(22)18-28-24-14-6-7-15-25(24)29-21/h1-16H,17-18H2. The van der Waals surface area contributed by atoms with Gasteiger partial charge in [0.2, 0.25) is 0 Å². The van der Waals surface area contributed by atoms with Crippen LogP contribution in [0.15, 0.2) is 97.1 Å². The van der Waals surface area contributed by atoms with Crippen molar-refractivity contribution >= 4 is 0 Å². The van der Waals surface area contributed by atoms with Crippen LogP contribution in [-0.2, 0) is 13.2 Å². The first-order valence-electron chi connectivity index (χ1n) is 9.82. The summed E-state index contributed by atoms with van der Waals surface area (Å²) in [5.74, 6) is 4.09. The van der Waals surface area contributed by atoms with E-state index in [-0.39, 0.29) is 0 Å². The van der Waals surface area contributed by atoms with Gasteiger partial charge in [0.25, 0.3) is 0 Å². The molecule has 0 atom stereocenters. The summed E-state index contributed by atoms with van der Waals surface area (Å²) in [5.41, 5.74) is 1.86. The molecule has 1 heterocycles. The largest absolute Gasteiger partial charge is 0.485 e. The van der Waals surface area contributed by atoms with E-state index in [0.29, 0.717) is 36.2 Å². The second-order valence-electron chi connectivity index (χ2n) is 6.89. The fourth-order valence-corrected chi connectivity index (χ4v) is 3.30. The first-order chi connectivity index (χ1) is 14.9. The maximum atomic E-state index is 6.23. The SMILES string of the molecule is c1ccc2c(c1)COc1ccccc1Oc1ccccc1COc1ccccc1O2. The highest BCUT2D eigenvalue weighted by Crippen LogP contribution is 2.37. The number of benzene rings is 4. The minimum Gasteiger partial charge on any atom is -0.485 e. The molecule has 0 saturated heterocycles. The van der Waals surface area contributed by atoms with Crippen LogP contribution in [0.2, 0.25) is 0 Å². The third-order valence-corrected chi connectivity index (χ3v) is 4.85. The smallest absolute Gasteiger partial charge is 0.169 e. The molecule has 5 rings (SSSR count). The van der Waals surface area contributed by atoms with E-state index in [4.69, 9.17) is 18.9 Å². The summed E-state index contributed by atoms with van der Waals surface area (Å²) >= 11 is 0. The van der Waals surface area contributed by atoms with Crippen LogP contribution in [0, 0.1) is 0 Å². The van der Waals surface area contributed by atoms with Crippen LogP contribution in [0.5, 0.6) is 34.5 Å². The number of rotatable bonds is 0. The van der Waals surface area contributed by atoms with Crippen molar-refractivity contribution in [3.05, 3.63) is 108 Å². The normalized spacial score (nSPS) is 12.8. The Bertz CT molecular complexity index is 985. The zero-order valence-corrected chi connectivity index (χ0v) is 16.3. The summed E-state index contributed by atoms with van der Waals surface area (Å²) in [7, 11) is 0. The van der Waals surface area contributed by atoms with Crippen LogP contribution in [-0.4, -0.2) is 0 Å². The van der Waals surface area contributed by atoms with Gasteiger partial charge in [0.1, 0.15) is 24.7 Å². The number of para-hydroxylation sites is 6. The highest BCUT2D eigenvalue weighted by Gasteiger charge is 2.14. The van der Waals surface area contributed by atoms with E-state index in [9.17, 15) is 0 Å². The second kappa shape index (κ2) is 8.21. The van der Waals surface area contributed by atoms with Gasteiger partial charge in [-0.15, -0.1) is 0 Å². The Balaban J connectivity index is 1.59. The molecule has 0 saturated carbocycles. The summed E-state index contributed by atoms with van der Waals surface area (Å²) in [5, 5.41) is 0. The van der Waals surface area contributed by atoms with E-state index < -0.39 is 0 Å². The monoisotopic (exact) mass is 396 g/mol. The number of hydrogen-bond acceptors (Lipinski definition) is 4. The summed E-state index contributed by atoms with van der Waals surface area (Å²) in [6.07, 6.45) is 0. The molecule has 0 aromatic heterocycles. The van der Waals surface area contributed by atoms with Gasteiger partial charge in [0, 0.05) is 11.1 Å². The molecule has 0 spiro atoms. The molecule has 4 heteroatoms. The minimum absolute atomic E-state index is 0.348. The summed E-state index contributed by atoms with van der Waals surface area (Å²) in [6, 6.07) is 31.0. The van der Waals surface area contributed by atoms with E-state index in [2.05, 4.69) is 0 Å². The molecule has 30 heavy (non-hydrogen) atoms. The molecule has 1 aliphatic heterocycles. The molecule has 0 fully saturated rings. The molecule has 4 aromatic rings. The fraction of sp³-hybridized carbons (Fsp3) is 0.0769. The maximum Gasteiger partial charge on any atom is 0.169 e. The van der Waals surface area contributed by atoms with Gasteiger partial charge in [-0.1, -0.05) is 60.7 Å². The molecule has 0 amide bonds. The lowest BCUT2D eigenvalue weighted by Crippen LogP contribution is -2.03. The Hall–Kier alpha value is -3.92. The first-order valence-corrected chi connectivity index (χ1v) is 9.82. The Morgan fingerprint density at radius 3 is 1.13 bits per heavy atom. The lowest BCUT2D eigenvalue weighted by molar-refractivity contribution is 0.270. The predicted octanol–water partition coefficient (Wildman–Crippen LogP) is 6.74. The van der Waals surface area contributed by atoms with E-state index >= 15 is 0 Å². The zero-order valence-electron chi connectivity index (χ0n) is 16.3.